The highest BCUT2D eigenvalue weighted by molar-refractivity contribution is 5.92. The number of amides is 2. The van der Waals surface area contributed by atoms with Crippen LogP contribution in [0.5, 0.6) is 0 Å². The third-order valence-corrected chi connectivity index (χ3v) is 4.39. The summed E-state index contributed by atoms with van der Waals surface area (Å²) in [6, 6.07) is 11.8. The number of carbonyl (C=O) groups excluding carboxylic acids is 2. The molecule has 1 aromatic carbocycles. The van der Waals surface area contributed by atoms with Crippen LogP contribution in [0.25, 0.3) is 0 Å². The van der Waals surface area contributed by atoms with Crippen LogP contribution < -0.4 is 5.32 Å². The smallest absolute Gasteiger partial charge is 0.230 e. The minimum Gasteiger partial charge on any atom is -0.342 e. The third kappa shape index (κ3) is 4.41. The molecule has 2 heterocycles. The van der Waals surface area contributed by atoms with E-state index in [2.05, 4.69) is 10.3 Å². The van der Waals surface area contributed by atoms with E-state index in [9.17, 15) is 14.0 Å². The Balaban J connectivity index is 1.49. The highest BCUT2D eigenvalue weighted by Crippen LogP contribution is 2.20. The first-order valence-electron chi connectivity index (χ1n) is 8.36. The van der Waals surface area contributed by atoms with Gasteiger partial charge in [-0.25, -0.2) is 9.37 Å². The Hall–Kier alpha value is -2.76. The maximum atomic E-state index is 13.6. The zero-order valence-electron chi connectivity index (χ0n) is 13.8. The molecule has 0 spiro atoms. The van der Waals surface area contributed by atoms with Crippen molar-refractivity contribution in [2.45, 2.75) is 19.3 Å². The molecule has 3 rings (SSSR count). The molecule has 1 fully saturated rings. The van der Waals surface area contributed by atoms with Gasteiger partial charge in [-0.1, -0.05) is 24.3 Å². The van der Waals surface area contributed by atoms with E-state index in [0.717, 1.165) is 0 Å². The molecule has 0 aliphatic carbocycles. The van der Waals surface area contributed by atoms with E-state index < -0.39 is 0 Å². The first-order chi connectivity index (χ1) is 12.1. The fourth-order valence-corrected chi connectivity index (χ4v) is 2.97. The Morgan fingerprint density at radius 2 is 2.00 bits per heavy atom. The van der Waals surface area contributed by atoms with Crippen molar-refractivity contribution in [3.05, 3.63) is 60.0 Å². The van der Waals surface area contributed by atoms with Crippen molar-refractivity contribution in [2.24, 2.45) is 5.92 Å². The predicted molar refractivity (Wildman–Crippen MR) is 92.3 cm³/mol. The molecule has 130 valence electrons. The lowest BCUT2D eigenvalue weighted by molar-refractivity contribution is -0.130. The fourth-order valence-electron chi connectivity index (χ4n) is 2.97. The van der Waals surface area contributed by atoms with Crippen molar-refractivity contribution in [3.63, 3.8) is 0 Å². The summed E-state index contributed by atoms with van der Waals surface area (Å²) >= 11 is 0. The van der Waals surface area contributed by atoms with E-state index in [1.807, 2.05) is 0 Å². The van der Waals surface area contributed by atoms with Gasteiger partial charge in [-0.3, -0.25) is 9.59 Å². The molecular weight excluding hydrogens is 321 g/mol. The zero-order chi connectivity index (χ0) is 17.6. The zero-order valence-corrected chi connectivity index (χ0v) is 13.8. The molecule has 2 amide bonds. The number of nitrogens with one attached hydrogen (secondary N) is 1. The first-order valence-corrected chi connectivity index (χ1v) is 8.36. The number of pyridine rings is 1. The minimum atomic E-state index is -0.288. The number of aryl methyl sites for hydroxylation is 1. The highest BCUT2D eigenvalue weighted by atomic mass is 19.1. The van der Waals surface area contributed by atoms with E-state index in [0.29, 0.717) is 37.3 Å². The van der Waals surface area contributed by atoms with Gasteiger partial charge in [0.05, 0.1) is 5.92 Å². The van der Waals surface area contributed by atoms with Gasteiger partial charge < -0.3 is 10.2 Å². The van der Waals surface area contributed by atoms with E-state index in [4.69, 9.17) is 0 Å². The Morgan fingerprint density at radius 1 is 1.20 bits per heavy atom. The Kier molecular flexibility index (Phi) is 5.38. The van der Waals surface area contributed by atoms with Gasteiger partial charge in [0.2, 0.25) is 11.8 Å². The van der Waals surface area contributed by atoms with Gasteiger partial charge in [-0.05, 0) is 36.6 Å². The molecule has 1 N–H and O–H groups in total. The van der Waals surface area contributed by atoms with Crippen molar-refractivity contribution >= 4 is 17.6 Å². The lowest BCUT2D eigenvalue weighted by atomic mass is 10.1. The monoisotopic (exact) mass is 341 g/mol. The van der Waals surface area contributed by atoms with Crippen molar-refractivity contribution < 1.29 is 14.0 Å². The fraction of sp³-hybridized carbons (Fsp3) is 0.316. The largest absolute Gasteiger partial charge is 0.342 e. The molecule has 0 saturated carbocycles. The van der Waals surface area contributed by atoms with E-state index >= 15 is 0 Å². The number of aromatic nitrogens is 1. The number of rotatable bonds is 5. The number of hydrogen-bond acceptors (Lipinski definition) is 3. The summed E-state index contributed by atoms with van der Waals surface area (Å²) in [4.78, 5) is 30.3. The number of likely N-dealkylation sites (tertiary alicyclic amines) is 1. The summed E-state index contributed by atoms with van der Waals surface area (Å²) in [7, 11) is 0. The Labute approximate surface area is 145 Å². The highest BCUT2D eigenvalue weighted by Gasteiger charge is 2.31. The molecule has 1 atom stereocenters. The average Bonchev–Trinajstić information content (AvgIpc) is 3.12. The SMILES string of the molecule is O=C(Nc1ccccn1)C1CCN(C(=O)CCc2ccccc2F)C1. The molecular formula is C19H20FN3O2. The van der Waals surface area contributed by atoms with Crippen LogP contribution in [0.15, 0.2) is 48.7 Å². The average molecular weight is 341 g/mol. The van der Waals surface area contributed by atoms with Gasteiger partial charge >= 0.3 is 0 Å². The van der Waals surface area contributed by atoms with Crippen LogP contribution in [0, 0.1) is 11.7 Å². The van der Waals surface area contributed by atoms with Crippen LogP contribution in [-0.2, 0) is 16.0 Å². The minimum absolute atomic E-state index is 0.0450. The molecule has 1 aromatic heterocycles. The summed E-state index contributed by atoms with van der Waals surface area (Å²) in [5.74, 6) is -0.180. The second-order valence-corrected chi connectivity index (χ2v) is 6.12. The lowest BCUT2D eigenvalue weighted by Gasteiger charge is -2.16. The van der Waals surface area contributed by atoms with Crippen LogP contribution in [-0.4, -0.2) is 34.8 Å². The molecule has 5 nitrogen and oxygen atoms in total. The number of halogens is 1. The summed E-state index contributed by atoms with van der Waals surface area (Å²) < 4.78 is 13.6. The van der Waals surface area contributed by atoms with Gasteiger partial charge in [0, 0.05) is 25.7 Å². The topological polar surface area (TPSA) is 62.3 Å². The van der Waals surface area contributed by atoms with Gasteiger partial charge in [0.15, 0.2) is 0 Å². The van der Waals surface area contributed by atoms with Crippen LogP contribution in [0.4, 0.5) is 10.2 Å². The van der Waals surface area contributed by atoms with E-state index in [1.54, 1.807) is 47.5 Å². The van der Waals surface area contributed by atoms with Crippen molar-refractivity contribution in [1.82, 2.24) is 9.88 Å². The summed E-state index contributed by atoms with van der Waals surface area (Å²) in [5, 5.41) is 2.77. The van der Waals surface area contributed by atoms with Crippen molar-refractivity contribution in [3.8, 4) is 0 Å². The second-order valence-electron chi connectivity index (χ2n) is 6.12. The van der Waals surface area contributed by atoms with Gasteiger partial charge in [-0.2, -0.15) is 0 Å². The summed E-state index contributed by atoms with van der Waals surface area (Å²) in [6.45, 7) is 0.950. The molecule has 1 saturated heterocycles. The van der Waals surface area contributed by atoms with Crippen LogP contribution >= 0.6 is 0 Å². The van der Waals surface area contributed by atoms with E-state index in [1.165, 1.54) is 6.07 Å². The number of hydrogen-bond donors (Lipinski definition) is 1. The van der Waals surface area contributed by atoms with Gasteiger partial charge in [-0.15, -0.1) is 0 Å². The van der Waals surface area contributed by atoms with Crippen molar-refractivity contribution in [1.29, 1.82) is 0 Å². The molecule has 25 heavy (non-hydrogen) atoms. The molecule has 1 aliphatic rings. The van der Waals surface area contributed by atoms with Gasteiger partial charge in [0.1, 0.15) is 11.6 Å². The maximum Gasteiger partial charge on any atom is 0.230 e. The number of nitrogens with zero attached hydrogens (tertiary/aromatic N) is 2. The molecule has 0 bridgehead atoms. The normalized spacial score (nSPS) is 16.7. The van der Waals surface area contributed by atoms with Crippen molar-refractivity contribution in [2.75, 3.05) is 18.4 Å². The maximum absolute atomic E-state index is 13.6. The predicted octanol–water partition coefficient (Wildman–Crippen LogP) is 2.64. The number of benzene rings is 1. The number of anilines is 1. The number of carbonyl (C=O) groups is 2. The van der Waals surface area contributed by atoms with Gasteiger partial charge in [0.25, 0.3) is 0 Å². The first kappa shape index (κ1) is 17.1. The Bertz CT molecular complexity index is 751. The molecule has 1 unspecified atom stereocenters. The lowest BCUT2D eigenvalue weighted by Crippen LogP contribution is -2.31. The molecule has 0 radical (unpaired) electrons. The summed E-state index contributed by atoms with van der Waals surface area (Å²) in [5.41, 5.74) is 0.541. The second kappa shape index (κ2) is 7.88. The Morgan fingerprint density at radius 3 is 2.76 bits per heavy atom. The molecule has 1 aliphatic heterocycles. The van der Waals surface area contributed by atoms with Crippen LogP contribution in [0.2, 0.25) is 0 Å². The van der Waals surface area contributed by atoms with Crippen LogP contribution in [0.3, 0.4) is 0 Å². The third-order valence-electron chi connectivity index (χ3n) is 4.39. The molecule has 2 aromatic rings. The standard InChI is InChI=1S/C19H20FN3O2/c20-16-6-2-1-5-14(16)8-9-18(24)23-12-10-15(13-23)19(25)22-17-7-3-4-11-21-17/h1-7,11,15H,8-10,12-13H2,(H,21,22,25). The van der Waals surface area contributed by atoms with E-state index in [-0.39, 0.29) is 30.0 Å². The molecule has 6 heteroatoms. The quantitative estimate of drug-likeness (QED) is 0.909. The summed E-state index contributed by atoms with van der Waals surface area (Å²) in [6.07, 6.45) is 2.86. The van der Waals surface area contributed by atoms with Crippen LogP contribution in [0.1, 0.15) is 18.4 Å².